The number of para-hydroxylation sites is 2. The molecule has 0 aliphatic carbocycles. The largest absolute Gasteiger partial charge is 0.318 e. The highest BCUT2D eigenvalue weighted by Crippen LogP contribution is 2.17. The molecule has 0 saturated carbocycles. The Bertz CT molecular complexity index is 1380. The van der Waals surface area contributed by atoms with E-state index in [1.807, 2.05) is 61.5 Å². The number of amides is 1. The van der Waals surface area contributed by atoms with E-state index in [9.17, 15) is 14.4 Å². The van der Waals surface area contributed by atoms with Gasteiger partial charge in [-0.2, -0.15) is 0 Å². The zero-order chi connectivity index (χ0) is 21.4. The van der Waals surface area contributed by atoms with Crippen LogP contribution in [0.4, 0.5) is 5.69 Å². The first-order chi connectivity index (χ1) is 14.4. The lowest BCUT2D eigenvalue weighted by molar-refractivity contribution is -0.116. The van der Waals surface area contributed by atoms with Gasteiger partial charge in [-0.15, -0.1) is 0 Å². The number of aryl methyl sites for hydroxylation is 1. The van der Waals surface area contributed by atoms with Gasteiger partial charge in [0.1, 0.15) is 12.2 Å². The van der Waals surface area contributed by atoms with Crippen LogP contribution in [-0.4, -0.2) is 19.8 Å². The van der Waals surface area contributed by atoms with Crippen molar-refractivity contribution in [1.82, 2.24) is 13.9 Å². The molecular formula is C23H22N4O3. The van der Waals surface area contributed by atoms with Gasteiger partial charge in [-0.05, 0) is 37.6 Å². The average molecular weight is 402 g/mol. The van der Waals surface area contributed by atoms with Gasteiger partial charge in [-0.1, -0.05) is 36.4 Å². The minimum Gasteiger partial charge on any atom is -0.318 e. The Morgan fingerprint density at radius 2 is 1.63 bits per heavy atom. The Kier molecular flexibility index (Phi) is 4.87. The van der Waals surface area contributed by atoms with E-state index in [-0.39, 0.29) is 23.4 Å². The van der Waals surface area contributed by atoms with Gasteiger partial charge in [0, 0.05) is 18.5 Å². The van der Waals surface area contributed by atoms with Crippen LogP contribution in [0.2, 0.25) is 0 Å². The number of benzene rings is 2. The molecule has 0 saturated heterocycles. The normalized spacial score (nSPS) is 11.0. The maximum absolute atomic E-state index is 13.0. The molecule has 0 unspecified atom stereocenters. The lowest BCUT2D eigenvalue weighted by Crippen LogP contribution is -2.29. The summed E-state index contributed by atoms with van der Waals surface area (Å²) in [5, 5.41) is 3.62. The zero-order valence-electron chi connectivity index (χ0n) is 17.0. The van der Waals surface area contributed by atoms with E-state index < -0.39 is 5.91 Å². The van der Waals surface area contributed by atoms with Gasteiger partial charge < -0.3 is 5.32 Å². The third-order valence-electron chi connectivity index (χ3n) is 5.35. The molecule has 0 aliphatic heterocycles. The van der Waals surface area contributed by atoms with Crippen LogP contribution >= 0.6 is 0 Å². The van der Waals surface area contributed by atoms with E-state index in [2.05, 4.69) is 5.32 Å². The number of rotatable bonds is 4. The second kappa shape index (κ2) is 7.51. The number of fused-ring (bicyclic) bond motifs is 1. The fourth-order valence-electron chi connectivity index (χ4n) is 3.70. The van der Waals surface area contributed by atoms with Crippen LogP contribution in [-0.2, 0) is 18.4 Å². The lowest BCUT2D eigenvalue weighted by Gasteiger charge is -2.11. The predicted molar refractivity (Wildman–Crippen MR) is 117 cm³/mol. The standard InChI is InChI=1S/C23H22N4O3/c1-15-13-21(29)26(19-12-8-7-11-18(15)19)14-20(28)24-22-16(2)25(3)27(23(22)30)17-9-5-4-6-10-17/h4-13H,14H2,1-3H3,(H,24,28). The minimum absolute atomic E-state index is 0.182. The Labute approximate surface area is 172 Å². The number of nitrogens with one attached hydrogen (secondary N) is 1. The summed E-state index contributed by atoms with van der Waals surface area (Å²) in [6, 6.07) is 18.2. The number of nitrogens with zero attached hydrogens (tertiary/aromatic N) is 3. The first kappa shape index (κ1) is 19.4. The third-order valence-corrected chi connectivity index (χ3v) is 5.35. The number of anilines is 1. The molecule has 0 spiro atoms. The van der Waals surface area contributed by atoms with E-state index in [1.165, 1.54) is 15.3 Å². The summed E-state index contributed by atoms with van der Waals surface area (Å²) in [6.07, 6.45) is 0. The van der Waals surface area contributed by atoms with E-state index in [4.69, 9.17) is 0 Å². The number of hydrogen-bond donors (Lipinski definition) is 1. The SMILES string of the molecule is Cc1cc(=O)n(CC(=O)Nc2c(C)n(C)n(-c3ccccc3)c2=O)c2ccccc12. The summed E-state index contributed by atoms with van der Waals surface area (Å²) >= 11 is 0. The Morgan fingerprint density at radius 3 is 2.37 bits per heavy atom. The van der Waals surface area contributed by atoms with E-state index in [0.717, 1.165) is 10.9 Å². The fraction of sp³-hybridized carbons (Fsp3) is 0.174. The van der Waals surface area contributed by atoms with Crippen molar-refractivity contribution in [2.45, 2.75) is 20.4 Å². The van der Waals surface area contributed by atoms with Gasteiger partial charge in [0.05, 0.1) is 16.9 Å². The van der Waals surface area contributed by atoms with Crippen molar-refractivity contribution in [3.8, 4) is 5.69 Å². The minimum atomic E-state index is -0.433. The first-order valence-corrected chi connectivity index (χ1v) is 9.61. The predicted octanol–water partition coefficient (Wildman–Crippen LogP) is 2.75. The van der Waals surface area contributed by atoms with Crippen molar-refractivity contribution >= 4 is 22.5 Å². The van der Waals surface area contributed by atoms with Crippen molar-refractivity contribution in [2.24, 2.45) is 7.05 Å². The Morgan fingerprint density at radius 1 is 0.967 bits per heavy atom. The monoisotopic (exact) mass is 402 g/mol. The van der Waals surface area contributed by atoms with E-state index in [0.29, 0.717) is 16.9 Å². The topological polar surface area (TPSA) is 78.0 Å². The summed E-state index contributed by atoms with van der Waals surface area (Å²) in [5.41, 5.74) is 2.49. The van der Waals surface area contributed by atoms with Crippen LogP contribution in [0, 0.1) is 13.8 Å². The van der Waals surface area contributed by atoms with Crippen molar-refractivity contribution in [1.29, 1.82) is 0 Å². The summed E-state index contributed by atoms with van der Waals surface area (Å²) in [4.78, 5) is 38.3. The van der Waals surface area contributed by atoms with Crippen LogP contribution < -0.4 is 16.4 Å². The number of carbonyl (C=O) groups excluding carboxylic acids is 1. The Hall–Kier alpha value is -3.87. The molecule has 30 heavy (non-hydrogen) atoms. The molecule has 0 radical (unpaired) electrons. The highest BCUT2D eigenvalue weighted by Gasteiger charge is 2.19. The number of carbonyl (C=O) groups is 1. The summed E-state index contributed by atoms with van der Waals surface area (Å²) in [5.74, 6) is -0.433. The summed E-state index contributed by atoms with van der Waals surface area (Å²) in [7, 11) is 1.76. The molecule has 152 valence electrons. The number of pyridine rings is 1. The number of aromatic nitrogens is 3. The van der Waals surface area contributed by atoms with Gasteiger partial charge in [-0.25, -0.2) is 4.68 Å². The van der Waals surface area contributed by atoms with Crippen molar-refractivity contribution in [2.75, 3.05) is 5.32 Å². The van der Waals surface area contributed by atoms with Crippen molar-refractivity contribution in [3.63, 3.8) is 0 Å². The second-order valence-corrected chi connectivity index (χ2v) is 7.25. The van der Waals surface area contributed by atoms with Crippen LogP contribution in [0.3, 0.4) is 0 Å². The molecule has 1 amide bonds. The lowest BCUT2D eigenvalue weighted by atomic mass is 10.1. The fourth-order valence-corrected chi connectivity index (χ4v) is 3.70. The van der Waals surface area contributed by atoms with Crippen molar-refractivity contribution in [3.05, 3.63) is 92.6 Å². The molecule has 4 rings (SSSR count). The molecule has 2 aromatic heterocycles. The maximum atomic E-state index is 13.0. The van der Waals surface area contributed by atoms with Crippen LogP contribution in [0.15, 0.2) is 70.3 Å². The Balaban J connectivity index is 1.69. The molecule has 0 fully saturated rings. The molecule has 2 aromatic carbocycles. The van der Waals surface area contributed by atoms with Crippen LogP contribution in [0.25, 0.3) is 16.6 Å². The summed E-state index contributed by atoms with van der Waals surface area (Å²) in [6.45, 7) is 3.45. The molecule has 0 bridgehead atoms. The summed E-state index contributed by atoms with van der Waals surface area (Å²) < 4.78 is 4.62. The molecule has 0 aliphatic rings. The van der Waals surface area contributed by atoms with Gasteiger partial charge >= 0.3 is 0 Å². The maximum Gasteiger partial charge on any atom is 0.295 e. The van der Waals surface area contributed by atoms with Gasteiger partial charge in [-0.3, -0.25) is 23.6 Å². The molecule has 7 nitrogen and oxygen atoms in total. The van der Waals surface area contributed by atoms with Gasteiger partial charge in [0.25, 0.3) is 11.1 Å². The smallest absolute Gasteiger partial charge is 0.295 e. The second-order valence-electron chi connectivity index (χ2n) is 7.25. The molecular weight excluding hydrogens is 380 g/mol. The average Bonchev–Trinajstić information content (AvgIpc) is 2.95. The van der Waals surface area contributed by atoms with Gasteiger partial charge in [0.15, 0.2) is 0 Å². The molecule has 1 N–H and O–H groups in total. The molecule has 2 heterocycles. The quantitative estimate of drug-likeness (QED) is 0.570. The third kappa shape index (κ3) is 3.24. The van der Waals surface area contributed by atoms with Crippen molar-refractivity contribution < 1.29 is 4.79 Å². The van der Waals surface area contributed by atoms with E-state index in [1.54, 1.807) is 18.7 Å². The van der Waals surface area contributed by atoms with E-state index >= 15 is 0 Å². The molecule has 4 aromatic rings. The highest BCUT2D eigenvalue weighted by molar-refractivity contribution is 5.92. The first-order valence-electron chi connectivity index (χ1n) is 9.61. The highest BCUT2D eigenvalue weighted by atomic mass is 16.2. The molecule has 7 heteroatoms. The number of hydrogen-bond acceptors (Lipinski definition) is 3. The zero-order valence-corrected chi connectivity index (χ0v) is 17.0. The van der Waals surface area contributed by atoms with Gasteiger partial charge in [0.2, 0.25) is 5.91 Å². The molecule has 0 atom stereocenters. The van der Waals surface area contributed by atoms with Crippen LogP contribution in [0.5, 0.6) is 0 Å². The van der Waals surface area contributed by atoms with Crippen LogP contribution in [0.1, 0.15) is 11.3 Å².